The van der Waals surface area contributed by atoms with Crippen molar-refractivity contribution in [2.75, 3.05) is 13.1 Å². The number of halogens is 2. The standard InChI is InChI=1S/C20H21ClFN3O2/c21-14-5-3-4-13(12-14)18(23)20(27)25-10-8-15(9-11-25)24-19(26)16-6-1-2-7-17(16)22/h1-7,12,15,18H,8-11,23H2,(H,24,26). The van der Waals surface area contributed by atoms with Gasteiger partial charge in [0.1, 0.15) is 11.9 Å². The van der Waals surface area contributed by atoms with Gasteiger partial charge in [-0.15, -0.1) is 0 Å². The molecule has 142 valence electrons. The van der Waals surface area contributed by atoms with Crippen LogP contribution in [0.2, 0.25) is 5.02 Å². The molecule has 0 aliphatic carbocycles. The lowest BCUT2D eigenvalue weighted by Crippen LogP contribution is -2.48. The molecular formula is C20H21ClFN3O2. The molecule has 1 unspecified atom stereocenters. The maximum Gasteiger partial charge on any atom is 0.254 e. The molecule has 1 aliphatic heterocycles. The average molecular weight is 390 g/mol. The second kappa shape index (κ2) is 8.50. The normalized spacial score (nSPS) is 16.0. The van der Waals surface area contributed by atoms with E-state index in [0.29, 0.717) is 36.5 Å². The molecule has 1 saturated heterocycles. The van der Waals surface area contributed by atoms with Gasteiger partial charge in [-0.2, -0.15) is 0 Å². The zero-order valence-electron chi connectivity index (χ0n) is 14.7. The van der Waals surface area contributed by atoms with Crippen LogP contribution in [0.4, 0.5) is 4.39 Å². The molecule has 5 nitrogen and oxygen atoms in total. The summed E-state index contributed by atoms with van der Waals surface area (Å²) in [6.45, 7) is 0.963. The Balaban J connectivity index is 1.55. The predicted molar refractivity (Wildman–Crippen MR) is 102 cm³/mol. The Labute approximate surface area is 162 Å². The molecule has 0 spiro atoms. The van der Waals surface area contributed by atoms with E-state index >= 15 is 0 Å². The predicted octanol–water partition coefficient (Wildman–Crippen LogP) is 2.90. The van der Waals surface area contributed by atoms with Crippen LogP contribution in [0, 0.1) is 5.82 Å². The molecule has 2 aromatic carbocycles. The molecule has 1 aliphatic rings. The number of likely N-dealkylation sites (tertiary alicyclic amines) is 1. The Bertz CT molecular complexity index is 837. The van der Waals surface area contributed by atoms with Gasteiger partial charge in [-0.05, 0) is 42.7 Å². The van der Waals surface area contributed by atoms with E-state index in [-0.39, 0.29) is 17.5 Å². The monoisotopic (exact) mass is 389 g/mol. The van der Waals surface area contributed by atoms with Gasteiger partial charge >= 0.3 is 0 Å². The molecule has 0 bridgehead atoms. The highest BCUT2D eigenvalue weighted by Crippen LogP contribution is 2.20. The fourth-order valence-corrected chi connectivity index (χ4v) is 3.39. The summed E-state index contributed by atoms with van der Waals surface area (Å²) < 4.78 is 13.7. The Morgan fingerprint density at radius 2 is 1.85 bits per heavy atom. The van der Waals surface area contributed by atoms with Crippen LogP contribution in [0.5, 0.6) is 0 Å². The van der Waals surface area contributed by atoms with Crippen molar-refractivity contribution in [1.29, 1.82) is 0 Å². The van der Waals surface area contributed by atoms with E-state index < -0.39 is 17.8 Å². The minimum Gasteiger partial charge on any atom is -0.349 e. The Morgan fingerprint density at radius 3 is 2.52 bits per heavy atom. The summed E-state index contributed by atoms with van der Waals surface area (Å²) in [6.07, 6.45) is 1.18. The summed E-state index contributed by atoms with van der Waals surface area (Å²) >= 11 is 5.96. The maximum absolute atomic E-state index is 13.7. The van der Waals surface area contributed by atoms with Crippen LogP contribution in [0.25, 0.3) is 0 Å². The molecule has 2 amide bonds. The van der Waals surface area contributed by atoms with Gasteiger partial charge in [0.25, 0.3) is 5.91 Å². The lowest BCUT2D eigenvalue weighted by molar-refractivity contribution is -0.133. The molecule has 3 N–H and O–H groups in total. The summed E-state index contributed by atoms with van der Waals surface area (Å²) in [5.74, 6) is -1.15. The minimum absolute atomic E-state index is 0.0268. The van der Waals surface area contributed by atoms with Crippen molar-refractivity contribution in [2.24, 2.45) is 5.73 Å². The van der Waals surface area contributed by atoms with E-state index in [1.807, 2.05) is 0 Å². The third-order valence-electron chi connectivity index (χ3n) is 4.73. The van der Waals surface area contributed by atoms with Gasteiger partial charge in [-0.3, -0.25) is 9.59 Å². The number of amides is 2. The van der Waals surface area contributed by atoms with E-state index in [4.69, 9.17) is 17.3 Å². The minimum atomic E-state index is -0.770. The van der Waals surface area contributed by atoms with Gasteiger partial charge in [0, 0.05) is 24.2 Å². The first kappa shape index (κ1) is 19.3. The largest absolute Gasteiger partial charge is 0.349 e. The molecular weight excluding hydrogens is 369 g/mol. The molecule has 2 aromatic rings. The number of carbonyl (C=O) groups excluding carboxylic acids is 2. The first-order chi connectivity index (χ1) is 13.0. The maximum atomic E-state index is 13.7. The highest BCUT2D eigenvalue weighted by molar-refractivity contribution is 6.30. The number of hydrogen-bond donors (Lipinski definition) is 2. The zero-order valence-corrected chi connectivity index (χ0v) is 15.5. The van der Waals surface area contributed by atoms with Gasteiger partial charge in [0.05, 0.1) is 5.56 Å². The van der Waals surface area contributed by atoms with Crippen molar-refractivity contribution in [2.45, 2.75) is 24.9 Å². The number of hydrogen-bond acceptors (Lipinski definition) is 3. The SMILES string of the molecule is NC(C(=O)N1CCC(NC(=O)c2ccccc2F)CC1)c1cccc(Cl)c1. The molecule has 0 radical (unpaired) electrons. The van der Waals surface area contributed by atoms with Crippen molar-refractivity contribution in [1.82, 2.24) is 10.2 Å². The fraction of sp³-hybridized carbons (Fsp3) is 0.300. The van der Waals surface area contributed by atoms with E-state index in [0.717, 1.165) is 0 Å². The van der Waals surface area contributed by atoms with Crippen molar-refractivity contribution in [3.05, 3.63) is 70.5 Å². The molecule has 7 heteroatoms. The number of piperidine rings is 1. The second-order valence-corrected chi connectivity index (χ2v) is 7.02. The van der Waals surface area contributed by atoms with E-state index in [9.17, 15) is 14.0 Å². The molecule has 3 rings (SSSR count). The molecule has 1 heterocycles. The summed E-state index contributed by atoms with van der Waals surface area (Å²) in [6, 6.07) is 11.9. The average Bonchev–Trinajstić information content (AvgIpc) is 2.67. The molecule has 1 atom stereocenters. The van der Waals surface area contributed by atoms with Crippen molar-refractivity contribution < 1.29 is 14.0 Å². The summed E-state index contributed by atoms with van der Waals surface area (Å²) in [5, 5.41) is 3.37. The van der Waals surface area contributed by atoms with Gasteiger partial charge < -0.3 is 16.0 Å². The van der Waals surface area contributed by atoms with E-state index in [1.165, 1.54) is 12.1 Å². The molecule has 1 fully saturated rings. The van der Waals surface area contributed by atoms with Crippen molar-refractivity contribution >= 4 is 23.4 Å². The lowest BCUT2D eigenvalue weighted by atomic mass is 10.0. The lowest BCUT2D eigenvalue weighted by Gasteiger charge is -2.34. The highest BCUT2D eigenvalue weighted by Gasteiger charge is 2.28. The first-order valence-electron chi connectivity index (χ1n) is 8.81. The highest BCUT2D eigenvalue weighted by atomic mass is 35.5. The first-order valence-corrected chi connectivity index (χ1v) is 9.18. The van der Waals surface area contributed by atoms with Crippen LogP contribution in [0.15, 0.2) is 48.5 Å². The smallest absolute Gasteiger partial charge is 0.254 e. The van der Waals surface area contributed by atoms with Crippen LogP contribution in [0.3, 0.4) is 0 Å². The van der Waals surface area contributed by atoms with E-state index in [1.54, 1.807) is 41.3 Å². The zero-order chi connectivity index (χ0) is 19.4. The Morgan fingerprint density at radius 1 is 1.15 bits per heavy atom. The molecule has 0 saturated carbocycles. The Kier molecular flexibility index (Phi) is 6.08. The van der Waals surface area contributed by atoms with E-state index in [2.05, 4.69) is 5.32 Å². The Hall–Kier alpha value is -2.44. The topological polar surface area (TPSA) is 75.4 Å². The van der Waals surface area contributed by atoms with Crippen LogP contribution in [-0.2, 0) is 4.79 Å². The number of carbonyl (C=O) groups is 2. The summed E-state index contributed by atoms with van der Waals surface area (Å²) in [5.41, 5.74) is 6.78. The number of nitrogens with zero attached hydrogens (tertiary/aromatic N) is 1. The number of benzene rings is 2. The molecule has 27 heavy (non-hydrogen) atoms. The molecule has 0 aromatic heterocycles. The second-order valence-electron chi connectivity index (χ2n) is 6.59. The quantitative estimate of drug-likeness (QED) is 0.844. The number of nitrogens with one attached hydrogen (secondary N) is 1. The van der Waals surface area contributed by atoms with Crippen molar-refractivity contribution in [3.63, 3.8) is 0 Å². The van der Waals surface area contributed by atoms with Crippen LogP contribution < -0.4 is 11.1 Å². The van der Waals surface area contributed by atoms with Gasteiger partial charge in [0.15, 0.2) is 0 Å². The van der Waals surface area contributed by atoms with Crippen LogP contribution in [-0.4, -0.2) is 35.8 Å². The van der Waals surface area contributed by atoms with Crippen molar-refractivity contribution in [3.8, 4) is 0 Å². The number of nitrogens with two attached hydrogens (primary N) is 1. The number of rotatable bonds is 4. The van der Waals surface area contributed by atoms with Gasteiger partial charge in [-0.25, -0.2) is 4.39 Å². The van der Waals surface area contributed by atoms with Crippen LogP contribution >= 0.6 is 11.6 Å². The van der Waals surface area contributed by atoms with Gasteiger partial charge in [0.2, 0.25) is 5.91 Å². The summed E-state index contributed by atoms with van der Waals surface area (Å²) in [7, 11) is 0. The third kappa shape index (κ3) is 4.64. The third-order valence-corrected chi connectivity index (χ3v) is 4.97. The fourth-order valence-electron chi connectivity index (χ4n) is 3.19. The summed E-state index contributed by atoms with van der Waals surface area (Å²) in [4.78, 5) is 26.5. The van der Waals surface area contributed by atoms with Gasteiger partial charge in [-0.1, -0.05) is 35.9 Å². The van der Waals surface area contributed by atoms with Crippen LogP contribution in [0.1, 0.15) is 34.8 Å².